The summed E-state index contributed by atoms with van der Waals surface area (Å²) >= 11 is 11.9. The van der Waals surface area contributed by atoms with Gasteiger partial charge in [0.25, 0.3) is 5.91 Å². The quantitative estimate of drug-likeness (QED) is 0.710. The van der Waals surface area contributed by atoms with Crippen LogP contribution in [0.3, 0.4) is 0 Å². The monoisotopic (exact) mass is 418 g/mol. The minimum Gasteiger partial charge on any atom is -0.352 e. The van der Waals surface area contributed by atoms with E-state index >= 15 is 0 Å². The summed E-state index contributed by atoms with van der Waals surface area (Å²) in [6.45, 7) is 0.342. The number of hydrogen-bond acceptors (Lipinski definition) is 4. The van der Waals surface area contributed by atoms with Gasteiger partial charge in [0.2, 0.25) is 5.95 Å². The molecule has 1 aromatic carbocycles. The fraction of sp³-hybridized carbons (Fsp3) is 0.353. The molecule has 1 saturated carbocycles. The Morgan fingerprint density at radius 1 is 1.26 bits per heavy atom. The van der Waals surface area contributed by atoms with Gasteiger partial charge in [0.1, 0.15) is 0 Å². The molecule has 0 spiro atoms. The van der Waals surface area contributed by atoms with E-state index in [4.69, 9.17) is 23.2 Å². The van der Waals surface area contributed by atoms with Gasteiger partial charge in [-0.2, -0.15) is 13.2 Å². The molecular formula is C17H15Cl2F3N4O. The number of rotatable bonds is 5. The molecule has 0 unspecified atom stereocenters. The number of alkyl halides is 3. The summed E-state index contributed by atoms with van der Waals surface area (Å²) in [5.41, 5.74) is -1.69. The number of carbonyl (C=O) groups is 1. The standard InChI is InChI=1S/C17H15Cl2F3N4O/c18-11-5-2-6-12(13(11)19)25-16-24-8-10(14(26-16)17(20,21)22)15(27)23-7-9-3-1-4-9/h2,5-6,8-9H,1,3-4,7H2,(H,23,27)(H,24,25,26). The van der Waals surface area contributed by atoms with Gasteiger partial charge in [0, 0.05) is 12.7 Å². The van der Waals surface area contributed by atoms with Crippen molar-refractivity contribution in [3.8, 4) is 0 Å². The lowest BCUT2D eigenvalue weighted by molar-refractivity contribution is -0.141. The molecule has 1 heterocycles. The second-order valence-electron chi connectivity index (χ2n) is 6.19. The third kappa shape index (κ3) is 4.62. The molecule has 1 aliphatic carbocycles. The maximum Gasteiger partial charge on any atom is 0.434 e. The number of halogens is 5. The van der Waals surface area contributed by atoms with Crippen LogP contribution in [0.1, 0.15) is 35.3 Å². The third-order valence-electron chi connectivity index (χ3n) is 4.28. The van der Waals surface area contributed by atoms with Crippen molar-refractivity contribution in [2.45, 2.75) is 25.4 Å². The minimum absolute atomic E-state index is 0.124. The average molecular weight is 419 g/mol. The highest BCUT2D eigenvalue weighted by atomic mass is 35.5. The zero-order chi connectivity index (χ0) is 19.6. The fourth-order valence-electron chi connectivity index (χ4n) is 2.57. The Balaban J connectivity index is 1.85. The van der Waals surface area contributed by atoms with E-state index in [0.717, 1.165) is 25.5 Å². The number of hydrogen-bond donors (Lipinski definition) is 2. The smallest absolute Gasteiger partial charge is 0.352 e. The van der Waals surface area contributed by atoms with E-state index < -0.39 is 23.3 Å². The second kappa shape index (κ2) is 7.90. The molecule has 0 bridgehead atoms. The highest BCUT2D eigenvalue weighted by molar-refractivity contribution is 6.43. The van der Waals surface area contributed by atoms with Gasteiger partial charge in [-0.05, 0) is 30.9 Å². The van der Waals surface area contributed by atoms with Gasteiger partial charge >= 0.3 is 6.18 Å². The first-order valence-corrected chi connectivity index (χ1v) is 8.94. The second-order valence-corrected chi connectivity index (χ2v) is 6.97. The highest BCUT2D eigenvalue weighted by Crippen LogP contribution is 2.34. The lowest BCUT2D eigenvalue weighted by atomic mass is 9.85. The number of aromatic nitrogens is 2. The summed E-state index contributed by atoms with van der Waals surface area (Å²) < 4.78 is 40.2. The molecule has 1 amide bonds. The molecule has 144 valence electrons. The lowest BCUT2D eigenvalue weighted by Crippen LogP contribution is -2.33. The minimum atomic E-state index is -4.82. The molecule has 3 rings (SSSR count). The molecule has 10 heteroatoms. The molecule has 1 aliphatic rings. The first-order chi connectivity index (χ1) is 12.8. The van der Waals surface area contributed by atoms with Gasteiger partial charge in [-0.1, -0.05) is 35.7 Å². The predicted molar refractivity (Wildman–Crippen MR) is 96.5 cm³/mol. The maximum atomic E-state index is 13.4. The number of anilines is 2. The molecule has 1 fully saturated rings. The molecule has 27 heavy (non-hydrogen) atoms. The zero-order valence-corrected chi connectivity index (χ0v) is 15.4. The van der Waals surface area contributed by atoms with Gasteiger partial charge in [-0.25, -0.2) is 9.97 Å². The molecular weight excluding hydrogens is 404 g/mol. The predicted octanol–water partition coefficient (Wildman–Crippen LogP) is 5.08. The van der Waals surface area contributed by atoms with E-state index in [1.54, 1.807) is 6.07 Å². The number of nitrogens with zero attached hydrogens (tertiary/aromatic N) is 2. The summed E-state index contributed by atoms with van der Waals surface area (Å²) in [5, 5.41) is 5.46. The van der Waals surface area contributed by atoms with Crippen LogP contribution < -0.4 is 10.6 Å². The maximum absolute atomic E-state index is 13.4. The van der Waals surface area contributed by atoms with Crippen LogP contribution >= 0.6 is 23.2 Å². The summed E-state index contributed by atoms with van der Waals surface area (Å²) in [4.78, 5) is 19.5. The average Bonchev–Trinajstić information content (AvgIpc) is 2.56. The topological polar surface area (TPSA) is 66.9 Å². The van der Waals surface area contributed by atoms with Crippen molar-refractivity contribution in [1.82, 2.24) is 15.3 Å². The summed E-state index contributed by atoms with van der Waals surface area (Å²) in [7, 11) is 0. The van der Waals surface area contributed by atoms with Crippen molar-refractivity contribution in [2.24, 2.45) is 5.92 Å². The summed E-state index contributed by atoms with van der Waals surface area (Å²) in [5.74, 6) is -0.876. The zero-order valence-electron chi connectivity index (χ0n) is 13.9. The third-order valence-corrected chi connectivity index (χ3v) is 5.09. The van der Waals surface area contributed by atoms with E-state index in [1.807, 2.05) is 0 Å². The van der Waals surface area contributed by atoms with Gasteiger partial charge in [0.05, 0.1) is 21.3 Å². The van der Waals surface area contributed by atoms with E-state index in [9.17, 15) is 18.0 Å². The summed E-state index contributed by atoms with van der Waals surface area (Å²) in [6, 6.07) is 4.63. The Kier molecular flexibility index (Phi) is 5.76. The molecule has 0 radical (unpaired) electrons. The first-order valence-electron chi connectivity index (χ1n) is 8.19. The molecule has 2 N–H and O–H groups in total. The Hall–Kier alpha value is -2.06. The fourth-order valence-corrected chi connectivity index (χ4v) is 2.92. The van der Waals surface area contributed by atoms with E-state index in [0.29, 0.717) is 12.5 Å². The van der Waals surface area contributed by atoms with Crippen LogP contribution in [-0.4, -0.2) is 22.4 Å². The van der Waals surface area contributed by atoms with Crippen LogP contribution in [0.4, 0.5) is 24.8 Å². The lowest BCUT2D eigenvalue weighted by Gasteiger charge is -2.25. The van der Waals surface area contributed by atoms with Crippen molar-refractivity contribution in [3.05, 3.63) is 45.7 Å². The van der Waals surface area contributed by atoms with Crippen LogP contribution in [0, 0.1) is 5.92 Å². The Labute approximate surface area is 163 Å². The Morgan fingerprint density at radius 2 is 2.00 bits per heavy atom. The van der Waals surface area contributed by atoms with Gasteiger partial charge in [-0.15, -0.1) is 0 Å². The molecule has 0 atom stereocenters. The Morgan fingerprint density at radius 3 is 2.63 bits per heavy atom. The van der Waals surface area contributed by atoms with Crippen LogP contribution in [0.15, 0.2) is 24.4 Å². The largest absolute Gasteiger partial charge is 0.434 e. The van der Waals surface area contributed by atoms with Gasteiger partial charge < -0.3 is 10.6 Å². The van der Waals surface area contributed by atoms with Crippen LogP contribution in [-0.2, 0) is 6.18 Å². The summed E-state index contributed by atoms with van der Waals surface area (Å²) in [6.07, 6.45) is -0.963. The van der Waals surface area contributed by atoms with Crippen LogP contribution in [0.2, 0.25) is 10.0 Å². The van der Waals surface area contributed by atoms with Gasteiger partial charge in [0.15, 0.2) is 5.69 Å². The highest BCUT2D eigenvalue weighted by Gasteiger charge is 2.38. The van der Waals surface area contributed by atoms with Crippen molar-refractivity contribution >= 4 is 40.7 Å². The molecule has 5 nitrogen and oxygen atoms in total. The molecule has 1 aromatic heterocycles. The normalized spacial score (nSPS) is 14.6. The molecule has 0 saturated heterocycles. The number of benzene rings is 1. The van der Waals surface area contributed by atoms with Crippen molar-refractivity contribution in [3.63, 3.8) is 0 Å². The van der Waals surface area contributed by atoms with Crippen molar-refractivity contribution in [2.75, 3.05) is 11.9 Å². The molecule has 0 aliphatic heterocycles. The number of amides is 1. The Bertz CT molecular complexity index is 857. The molecule has 2 aromatic rings. The van der Waals surface area contributed by atoms with E-state index in [2.05, 4.69) is 20.6 Å². The van der Waals surface area contributed by atoms with Crippen LogP contribution in [0.5, 0.6) is 0 Å². The number of nitrogens with one attached hydrogen (secondary N) is 2. The number of carbonyl (C=O) groups excluding carboxylic acids is 1. The van der Waals surface area contributed by atoms with Crippen molar-refractivity contribution < 1.29 is 18.0 Å². The van der Waals surface area contributed by atoms with E-state index in [-0.39, 0.29) is 21.7 Å². The van der Waals surface area contributed by atoms with Gasteiger partial charge in [-0.3, -0.25) is 4.79 Å². The van der Waals surface area contributed by atoms with E-state index in [1.165, 1.54) is 12.1 Å². The first kappa shape index (κ1) is 19.7. The van der Waals surface area contributed by atoms with Crippen LogP contribution in [0.25, 0.3) is 0 Å². The SMILES string of the molecule is O=C(NCC1CCC1)c1cnc(Nc2cccc(Cl)c2Cl)nc1C(F)(F)F. The van der Waals surface area contributed by atoms with Crippen molar-refractivity contribution in [1.29, 1.82) is 0 Å².